The lowest BCUT2D eigenvalue weighted by Gasteiger charge is -2.21. The first-order valence-corrected chi connectivity index (χ1v) is 7.43. The van der Waals surface area contributed by atoms with Crippen LogP contribution in [-0.2, 0) is 16.1 Å². The maximum Gasteiger partial charge on any atom is 0.413 e. The minimum atomic E-state index is -0.752. The molecule has 0 heterocycles. The van der Waals surface area contributed by atoms with Crippen molar-refractivity contribution in [1.29, 1.82) is 0 Å². The summed E-state index contributed by atoms with van der Waals surface area (Å²) in [5, 5.41) is 2.18. The van der Waals surface area contributed by atoms with E-state index in [-0.39, 0.29) is 5.91 Å². The van der Waals surface area contributed by atoms with Crippen LogP contribution < -0.4 is 19.7 Å². The second kappa shape index (κ2) is 8.99. The predicted octanol–water partition coefficient (Wildman–Crippen LogP) is 0.380. The molecule has 0 aliphatic rings. The van der Waals surface area contributed by atoms with Gasteiger partial charge in [0, 0.05) is 5.56 Å². The van der Waals surface area contributed by atoms with Crippen molar-refractivity contribution in [3.8, 4) is 11.5 Å². The van der Waals surface area contributed by atoms with Gasteiger partial charge in [-0.3, -0.25) is 10.1 Å². The Bertz CT molecular complexity index is 547. The molecule has 7 nitrogen and oxygen atoms in total. The van der Waals surface area contributed by atoms with Crippen LogP contribution in [0.15, 0.2) is 18.2 Å². The maximum atomic E-state index is 11.9. The van der Waals surface area contributed by atoms with Crippen LogP contribution in [0.5, 0.6) is 11.5 Å². The summed E-state index contributed by atoms with van der Waals surface area (Å²) in [6.45, 7) is 4.82. The molecule has 1 unspecified atom stereocenters. The van der Waals surface area contributed by atoms with Crippen molar-refractivity contribution < 1.29 is 28.7 Å². The summed E-state index contributed by atoms with van der Waals surface area (Å²) >= 11 is 0. The first-order chi connectivity index (χ1) is 10.9. The van der Waals surface area contributed by atoms with Crippen molar-refractivity contribution in [2.45, 2.75) is 26.4 Å². The summed E-state index contributed by atoms with van der Waals surface area (Å²) in [7, 11) is 4.69. The van der Waals surface area contributed by atoms with Crippen LogP contribution in [0.1, 0.15) is 19.4 Å². The monoisotopic (exact) mass is 325 g/mol. The van der Waals surface area contributed by atoms with E-state index >= 15 is 0 Å². The Morgan fingerprint density at radius 1 is 1.26 bits per heavy atom. The minimum absolute atomic E-state index is 0.382. The van der Waals surface area contributed by atoms with Gasteiger partial charge in [0.1, 0.15) is 6.54 Å². The molecule has 0 aliphatic heterocycles. The number of hydrogen-bond donors (Lipinski definition) is 2. The number of carbonyl (C=O) groups is 2. The molecule has 23 heavy (non-hydrogen) atoms. The van der Waals surface area contributed by atoms with Crippen LogP contribution >= 0.6 is 0 Å². The molecule has 0 bridgehead atoms. The molecule has 0 saturated carbocycles. The quantitative estimate of drug-likeness (QED) is 0.758. The van der Waals surface area contributed by atoms with Crippen LogP contribution in [0.25, 0.3) is 0 Å². The number of methoxy groups -OCH3 is 2. The number of quaternary nitrogens is 1. The van der Waals surface area contributed by atoms with E-state index in [1.807, 2.05) is 32.2 Å². The Balaban J connectivity index is 2.74. The third-order valence-electron chi connectivity index (χ3n) is 3.55. The van der Waals surface area contributed by atoms with Gasteiger partial charge in [-0.25, -0.2) is 4.79 Å². The number of carbonyl (C=O) groups excluding carboxylic acids is 2. The van der Waals surface area contributed by atoms with E-state index in [1.54, 1.807) is 14.0 Å². The lowest BCUT2D eigenvalue weighted by atomic mass is 10.1. The minimum Gasteiger partial charge on any atom is -0.493 e. The molecule has 0 spiro atoms. The molecule has 2 amide bonds. The number of hydrogen-bond acceptors (Lipinski definition) is 5. The zero-order valence-corrected chi connectivity index (χ0v) is 14.3. The molecule has 0 fully saturated rings. The number of likely N-dealkylation sites (N-methyl/N-ethyl adjacent to an activating group) is 1. The molecular weight excluding hydrogens is 300 g/mol. The van der Waals surface area contributed by atoms with Crippen molar-refractivity contribution in [2.24, 2.45) is 0 Å². The number of ether oxygens (including phenoxy) is 3. The Morgan fingerprint density at radius 3 is 2.52 bits per heavy atom. The van der Waals surface area contributed by atoms with Crippen LogP contribution in [0, 0.1) is 0 Å². The molecule has 1 aromatic carbocycles. The lowest BCUT2D eigenvalue weighted by molar-refractivity contribution is -0.908. The number of rotatable bonds is 7. The number of alkyl carbamates (subject to hydrolysis) is 1. The van der Waals surface area contributed by atoms with Gasteiger partial charge in [0.2, 0.25) is 0 Å². The van der Waals surface area contributed by atoms with E-state index in [2.05, 4.69) is 10.1 Å². The molecule has 7 heteroatoms. The molecule has 0 aliphatic carbocycles. The summed E-state index contributed by atoms with van der Waals surface area (Å²) in [6.07, 6.45) is -0.752. The van der Waals surface area contributed by atoms with Gasteiger partial charge in [-0.2, -0.15) is 0 Å². The Labute approximate surface area is 136 Å². The fourth-order valence-corrected chi connectivity index (χ4v) is 2.06. The summed E-state index contributed by atoms with van der Waals surface area (Å²) in [5.74, 6) is 0.962. The maximum absolute atomic E-state index is 11.9. The fourth-order valence-electron chi connectivity index (χ4n) is 2.06. The Kier molecular flexibility index (Phi) is 7.34. The van der Waals surface area contributed by atoms with Gasteiger partial charge in [0.05, 0.1) is 27.9 Å². The van der Waals surface area contributed by atoms with E-state index in [0.717, 1.165) is 10.5 Å². The second-order valence-corrected chi connectivity index (χ2v) is 5.14. The standard InChI is InChI=1S/C16H24N2O5/c1-6-23-13-8-7-12(9-14(13)21-4)10-18(3)11(2)15(19)17-16(20)22-5/h7-9,11H,6,10H2,1-5H3,(H,17,19,20)/p+1/t11-/m0/s1. The van der Waals surface area contributed by atoms with Crippen LogP contribution in [0.2, 0.25) is 0 Å². The van der Waals surface area contributed by atoms with Gasteiger partial charge in [-0.15, -0.1) is 0 Å². The summed E-state index contributed by atoms with van der Waals surface area (Å²) in [5.41, 5.74) is 1.00. The van der Waals surface area contributed by atoms with E-state index < -0.39 is 12.1 Å². The van der Waals surface area contributed by atoms with Crippen molar-refractivity contribution in [1.82, 2.24) is 5.32 Å². The molecule has 128 valence electrons. The molecule has 2 N–H and O–H groups in total. The van der Waals surface area contributed by atoms with E-state index in [9.17, 15) is 9.59 Å². The van der Waals surface area contributed by atoms with Crippen molar-refractivity contribution >= 4 is 12.0 Å². The van der Waals surface area contributed by atoms with Gasteiger partial charge < -0.3 is 19.1 Å². The largest absolute Gasteiger partial charge is 0.493 e. The average Bonchev–Trinajstić information content (AvgIpc) is 2.55. The van der Waals surface area contributed by atoms with Gasteiger partial charge in [-0.05, 0) is 32.0 Å². The number of benzene rings is 1. The van der Waals surface area contributed by atoms with Crippen LogP contribution in [0.3, 0.4) is 0 Å². The van der Waals surface area contributed by atoms with Gasteiger partial charge in [0.15, 0.2) is 17.5 Å². The summed E-state index contributed by atoms with van der Waals surface area (Å²) in [6, 6.07) is 5.26. The fraction of sp³-hybridized carbons (Fsp3) is 0.500. The van der Waals surface area contributed by atoms with Crippen molar-refractivity contribution in [2.75, 3.05) is 27.9 Å². The number of amides is 2. The van der Waals surface area contributed by atoms with Gasteiger partial charge in [-0.1, -0.05) is 0 Å². The molecule has 0 radical (unpaired) electrons. The summed E-state index contributed by atoms with van der Waals surface area (Å²) < 4.78 is 15.2. The molecule has 1 aromatic rings. The molecule has 0 saturated heterocycles. The Hall–Kier alpha value is -2.28. The van der Waals surface area contributed by atoms with E-state index in [1.165, 1.54) is 7.11 Å². The number of nitrogens with one attached hydrogen (secondary N) is 2. The molecular formula is C16H25N2O5+. The topological polar surface area (TPSA) is 78.3 Å². The highest BCUT2D eigenvalue weighted by Gasteiger charge is 2.24. The smallest absolute Gasteiger partial charge is 0.413 e. The lowest BCUT2D eigenvalue weighted by Crippen LogP contribution is -3.12. The van der Waals surface area contributed by atoms with Crippen LogP contribution in [-0.4, -0.2) is 45.9 Å². The first-order valence-electron chi connectivity index (χ1n) is 7.43. The highest BCUT2D eigenvalue weighted by molar-refractivity contribution is 5.93. The van der Waals surface area contributed by atoms with Crippen LogP contribution in [0.4, 0.5) is 4.79 Å². The van der Waals surface area contributed by atoms with Gasteiger partial charge in [0.25, 0.3) is 5.91 Å². The molecule has 0 aromatic heterocycles. The van der Waals surface area contributed by atoms with Crippen molar-refractivity contribution in [3.05, 3.63) is 23.8 Å². The van der Waals surface area contributed by atoms with E-state index in [0.29, 0.717) is 24.7 Å². The third-order valence-corrected chi connectivity index (χ3v) is 3.55. The highest BCUT2D eigenvalue weighted by atomic mass is 16.5. The predicted molar refractivity (Wildman–Crippen MR) is 84.8 cm³/mol. The normalized spacial score (nSPS) is 12.9. The second-order valence-electron chi connectivity index (χ2n) is 5.14. The third kappa shape index (κ3) is 5.45. The number of imide groups is 1. The summed E-state index contributed by atoms with van der Waals surface area (Å²) in [4.78, 5) is 24.0. The first kappa shape index (κ1) is 18.8. The molecule has 1 rings (SSSR count). The highest BCUT2D eigenvalue weighted by Crippen LogP contribution is 2.27. The SMILES string of the molecule is CCOc1ccc(C[NH+](C)[C@@H](C)C(=O)NC(=O)OC)cc1OC. The zero-order valence-electron chi connectivity index (χ0n) is 14.3. The average molecular weight is 325 g/mol. The van der Waals surface area contributed by atoms with Crippen molar-refractivity contribution in [3.63, 3.8) is 0 Å². The van der Waals surface area contributed by atoms with Gasteiger partial charge >= 0.3 is 6.09 Å². The Morgan fingerprint density at radius 2 is 1.96 bits per heavy atom. The molecule has 2 atom stereocenters. The zero-order chi connectivity index (χ0) is 17.4. The van der Waals surface area contributed by atoms with E-state index in [4.69, 9.17) is 9.47 Å².